The van der Waals surface area contributed by atoms with Gasteiger partial charge in [0.25, 0.3) is 5.91 Å². The van der Waals surface area contributed by atoms with Crippen molar-refractivity contribution >= 4 is 23.2 Å². The van der Waals surface area contributed by atoms with E-state index in [-0.39, 0.29) is 18.6 Å². The Bertz CT molecular complexity index is 956. The number of tetrazole rings is 1. The summed E-state index contributed by atoms with van der Waals surface area (Å²) in [7, 11) is 1.53. The number of carbonyl (C=O) groups excluding carboxylic acids is 1. The van der Waals surface area contributed by atoms with Crippen LogP contribution in [0.1, 0.15) is 36.1 Å². The van der Waals surface area contributed by atoms with Crippen LogP contribution in [0.2, 0.25) is 5.02 Å². The van der Waals surface area contributed by atoms with Crippen molar-refractivity contribution in [3.8, 4) is 11.5 Å². The molecule has 0 unspecified atom stereocenters. The molecule has 0 saturated heterocycles. The molecule has 2 aromatic carbocycles. The fourth-order valence-electron chi connectivity index (χ4n) is 2.53. The highest BCUT2D eigenvalue weighted by Crippen LogP contribution is 2.28. The van der Waals surface area contributed by atoms with Gasteiger partial charge >= 0.3 is 0 Å². The summed E-state index contributed by atoms with van der Waals surface area (Å²) in [4.78, 5) is 12.5. The van der Waals surface area contributed by atoms with Gasteiger partial charge in [-0.2, -0.15) is 0 Å². The van der Waals surface area contributed by atoms with Crippen molar-refractivity contribution in [2.45, 2.75) is 26.5 Å². The quantitative estimate of drug-likeness (QED) is 0.648. The first kappa shape index (κ1) is 19.6. The van der Waals surface area contributed by atoms with Gasteiger partial charge in [0, 0.05) is 10.6 Å². The molecule has 28 heavy (non-hydrogen) atoms. The fourth-order valence-corrected chi connectivity index (χ4v) is 2.70. The molecule has 3 aromatic rings. The van der Waals surface area contributed by atoms with Crippen molar-refractivity contribution in [2.24, 2.45) is 0 Å². The predicted octanol–water partition coefficient (Wildman–Crippen LogP) is 3.75. The van der Waals surface area contributed by atoms with Gasteiger partial charge in [0.2, 0.25) is 0 Å². The van der Waals surface area contributed by atoms with E-state index in [0.717, 1.165) is 0 Å². The third-order valence-electron chi connectivity index (χ3n) is 3.94. The van der Waals surface area contributed by atoms with Crippen molar-refractivity contribution in [1.82, 2.24) is 20.2 Å². The second-order valence-electron chi connectivity index (χ2n) is 6.25. The van der Waals surface area contributed by atoms with Gasteiger partial charge < -0.3 is 14.8 Å². The Morgan fingerprint density at radius 3 is 2.64 bits per heavy atom. The van der Waals surface area contributed by atoms with Crippen molar-refractivity contribution in [2.75, 3.05) is 12.4 Å². The molecular formula is C19H20ClN5O3. The van der Waals surface area contributed by atoms with E-state index in [4.69, 9.17) is 21.1 Å². The molecule has 0 fully saturated rings. The monoisotopic (exact) mass is 401 g/mol. The van der Waals surface area contributed by atoms with E-state index in [0.29, 0.717) is 33.6 Å². The second kappa shape index (κ2) is 8.71. The molecule has 1 heterocycles. The zero-order valence-electron chi connectivity index (χ0n) is 15.7. The number of nitrogens with zero attached hydrogens (tertiary/aromatic N) is 4. The van der Waals surface area contributed by atoms with Crippen LogP contribution in [-0.2, 0) is 6.61 Å². The van der Waals surface area contributed by atoms with Crippen LogP contribution in [0.15, 0.2) is 42.5 Å². The van der Waals surface area contributed by atoms with Crippen molar-refractivity contribution < 1.29 is 14.3 Å². The summed E-state index contributed by atoms with van der Waals surface area (Å²) in [5.74, 6) is 1.48. The average Bonchev–Trinajstić information content (AvgIpc) is 3.16. The molecule has 3 rings (SSSR count). The summed E-state index contributed by atoms with van der Waals surface area (Å²) in [6.45, 7) is 4.21. The first-order chi connectivity index (χ1) is 13.5. The smallest absolute Gasteiger partial charge is 0.255 e. The number of carbonyl (C=O) groups is 1. The van der Waals surface area contributed by atoms with Gasteiger partial charge in [0.05, 0.1) is 18.8 Å². The Kier molecular flexibility index (Phi) is 6.10. The Hall–Kier alpha value is -3.13. The number of benzene rings is 2. The minimum absolute atomic E-state index is 0.142. The Balaban J connectivity index is 1.64. The molecule has 0 saturated carbocycles. The molecular weight excluding hydrogens is 382 g/mol. The lowest BCUT2D eigenvalue weighted by Crippen LogP contribution is -2.13. The lowest BCUT2D eigenvalue weighted by Gasteiger charge is -2.11. The van der Waals surface area contributed by atoms with Gasteiger partial charge in [-0.1, -0.05) is 11.6 Å². The van der Waals surface area contributed by atoms with E-state index in [1.807, 2.05) is 13.8 Å². The molecule has 146 valence electrons. The Morgan fingerprint density at radius 2 is 1.96 bits per heavy atom. The van der Waals surface area contributed by atoms with Gasteiger partial charge in [-0.25, -0.2) is 4.68 Å². The lowest BCUT2D eigenvalue weighted by molar-refractivity contribution is 0.102. The van der Waals surface area contributed by atoms with Crippen molar-refractivity contribution in [3.63, 3.8) is 0 Å². The van der Waals surface area contributed by atoms with E-state index in [9.17, 15) is 4.79 Å². The zero-order chi connectivity index (χ0) is 20.1. The average molecular weight is 402 g/mol. The molecule has 1 N–H and O–H groups in total. The Morgan fingerprint density at radius 1 is 1.21 bits per heavy atom. The summed E-state index contributed by atoms with van der Waals surface area (Å²) in [6, 6.07) is 11.9. The van der Waals surface area contributed by atoms with E-state index in [2.05, 4.69) is 20.8 Å². The van der Waals surface area contributed by atoms with E-state index >= 15 is 0 Å². The number of halogens is 1. The maximum atomic E-state index is 12.5. The molecule has 0 bridgehead atoms. The molecule has 0 radical (unpaired) electrons. The van der Waals surface area contributed by atoms with Crippen LogP contribution in [-0.4, -0.2) is 33.2 Å². The third kappa shape index (κ3) is 4.58. The van der Waals surface area contributed by atoms with Crippen LogP contribution >= 0.6 is 11.6 Å². The third-order valence-corrected chi connectivity index (χ3v) is 4.18. The van der Waals surface area contributed by atoms with Gasteiger partial charge in [0.15, 0.2) is 5.82 Å². The molecule has 1 amide bonds. The molecule has 1 aromatic heterocycles. The summed E-state index contributed by atoms with van der Waals surface area (Å²) < 4.78 is 12.6. The molecule has 0 aliphatic heterocycles. The highest BCUT2D eigenvalue weighted by Gasteiger charge is 2.12. The van der Waals surface area contributed by atoms with Crippen LogP contribution in [0.5, 0.6) is 11.5 Å². The molecule has 0 atom stereocenters. The van der Waals surface area contributed by atoms with Crippen LogP contribution in [0.3, 0.4) is 0 Å². The van der Waals surface area contributed by atoms with Gasteiger partial charge in [0.1, 0.15) is 18.1 Å². The van der Waals surface area contributed by atoms with Crippen LogP contribution in [0, 0.1) is 0 Å². The lowest BCUT2D eigenvalue weighted by atomic mass is 10.2. The summed E-state index contributed by atoms with van der Waals surface area (Å²) in [5, 5.41) is 14.8. The molecule has 8 nitrogen and oxygen atoms in total. The van der Waals surface area contributed by atoms with Crippen LogP contribution in [0.4, 0.5) is 5.69 Å². The highest BCUT2D eigenvalue weighted by atomic mass is 35.5. The SMILES string of the molecule is COc1ccc(Cl)cc1NC(=O)c1ccc(OCc2nnnn2C(C)C)cc1. The first-order valence-corrected chi connectivity index (χ1v) is 9.00. The number of methoxy groups -OCH3 is 1. The van der Waals surface area contributed by atoms with Crippen LogP contribution < -0.4 is 14.8 Å². The molecule has 9 heteroatoms. The normalized spacial score (nSPS) is 10.8. The van der Waals surface area contributed by atoms with Gasteiger partial charge in [-0.15, -0.1) is 5.10 Å². The number of hydrogen-bond acceptors (Lipinski definition) is 6. The van der Waals surface area contributed by atoms with E-state index in [1.165, 1.54) is 7.11 Å². The number of hydrogen-bond donors (Lipinski definition) is 1. The largest absolute Gasteiger partial charge is 0.495 e. The second-order valence-corrected chi connectivity index (χ2v) is 6.68. The van der Waals surface area contributed by atoms with Crippen LogP contribution in [0.25, 0.3) is 0 Å². The fraction of sp³-hybridized carbons (Fsp3) is 0.263. The van der Waals surface area contributed by atoms with E-state index in [1.54, 1.807) is 47.1 Å². The summed E-state index contributed by atoms with van der Waals surface area (Å²) >= 11 is 5.99. The predicted molar refractivity (Wildman–Crippen MR) is 105 cm³/mol. The topological polar surface area (TPSA) is 91.2 Å². The van der Waals surface area contributed by atoms with Crippen molar-refractivity contribution in [3.05, 3.63) is 58.9 Å². The maximum Gasteiger partial charge on any atom is 0.255 e. The van der Waals surface area contributed by atoms with Gasteiger partial charge in [-0.05, 0) is 66.7 Å². The number of nitrogens with one attached hydrogen (secondary N) is 1. The molecule has 0 spiro atoms. The Labute approximate surface area is 167 Å². The first-order valence-electron chi connectivity index (χ1n) is 8.62. The molecule has 0 aliphatic rings. The number of aromatic nitrogens is 4. The van der Waals surface area contributed by atoms with Crippen molar-refractivity contribution in [1.29, 1.82) is 0 Å². The molecule has 0 aliphatic carbocycles. The minimum atomic E-state index is -0.282. The highest BCUT2D eigenvalue weighted by molar-refractivity contribution is 6.31. The van der Waals surface area contributed by atoms with Gasteiger partial charge in [-0.3, -0.25) is 4.79 Å². The summed E-state index contributed by atoms with van der Waals surface area (Å²) in [6.07, 6.45) is 0. The zero-order valence-corrected chi connectivity index (χ0v) is 16.5. The van der Waals surface area contributed by atoms with E-state index < -0.39 is 0 Å². The standard InChI is InChI=1S/C19H20ClN5O3/c1-12(2)25-18(22-23-24-25)11-28-15-7-4-13(5-8-15)19(26)21-16-10-14(20)6-9-17(16)27-3/h4-10,12H,11H2,1-3H3,(H,21,26). The number of ether oxygens (including phenoxy) is 2. The number of amides is 1. The number of anilines is 1. The maximum absolute atomic E-state index is 12.5. The summed E-state index contributed by atoms with van der Waals surface area (Å²) in [5.41, 5.74) is 0.974. The minimum Gasteiger partial charge on any atom is -0.495 e. The number of rotatable bonds is 7.